The molecule has 1 aromatic heterocycles. The summed E-state index contributed by atoms with van der Waals surface area (Å²) in [7, 11) is 1.60. The fourth-order valence-corrected chi connectivity index (χ4v) is 3.07. The number of unbranched alkanes of at least 4 members (excludes halogenated alkanes) is 2. The van der Waals surface area contributed by atoms with Crippen molar-refractivity contribution in [2.45, 2.75) is 39.2 Å². The average molecular weight is 366 g/mol. The topological polar surface area (TPSA) is 53.4 Å². The first kappa shape index (κ1) is 19.0. The number of ether oxygens (including phenoxy) is 2. The van der Waals surface area contributed by atoms with E-state index in [1.54, 1.807) is 30.1 Å². The van der Waals surface area contributed by atoms with Gasteiger partial charge in [-0.1, -0.05) is 50.1 Å². The zero-order valence-electron chi connectivity index (χ0n) is 16.0. The van der Waals surface area contributed by atoms with Crippen LogP contribution in [0.1, 0.15) is 31.7 Å². The Morgan fingerprint density at radius 2 is 1.89 bits per heavy atom. The molecule has 3 aromatic rings. The second kappa shape index (κ2) is 9.21. The van der Waals surface area contributed by atoms with Gasteiger partial charge in [-0.3, -0.25) is 9.36 Å². The minimum absolute atomic E-state index is 0.0583. The van der Waals surface area contributed by atoms with Gasteiger partial charge in [0.05, 0.1) is 25.4 Å². The van der Waals surface area contributed by atoms with E-state index in [4.69, 9.17) is 9.47 Å². The molecule has 0 atom stereocenters. The molecule has 0 saturated heterocycles. The van der Waals surface area contributed by atoms with Gasteiger partial charge >= 0.3 is 0 Å². The predicted molar refractivity (Wildman–Crippen MR) is 108 cm³/mol. The largest absolute Gasteiger partial charge is 0.493 e. The Hall–Kier alpha value is -2.82. The van der Waals surface area contributed by atoms with Crippen LogP contribution >= 0.6 is 0 Å². The average Bonchev–Trinajstić information content (AvgIpc) is 2.71. The number of hydrogen-bond acceptors (Lipinski definition) is 4. The number of methoxy groups -OCH3 is 1. The van der Waals surface area contributed by atoms with E-state index in [1.807, 2.05) is 18.2 Å². The van der Waals surface area contributed by atoms with Crippen molar-refractivity contribution >= 4 is 10.9 Å². The summed E-state index contributed by atoms with van der Waals surface area (Å²) in [6.07, 6.45) is 5.58. The summed E-state index contributed by atoms with van der Waals surface area (Å²) in [6.45, 7) is 3.32. The van der Waals surface area contributed by atoms with Gasteiger partial charge in [-0.15, -0.1) is 0 Å². The Labute approximate surface area is 159 Å². The highest BCUT2D eigenvalue weighted by molar-refractivity contribution is 5.86. The van der Waals surface area contributed by atoms with Crippen LogP contribution in [0.15, 0.2) is 53.6 Å². The molecule has 5 heteroatoms. The van der Waals surface area contributed by atoms with Crippen molar-refractivity contribution in [1.82, 2.24) is 9.55 Å². The molecule has 3 rings (SSSR count). The highest BCUT2D eigenvalue weighted by Crippen LogP contribution is 2.33. The van der Waals surface area contributed by atoms with E-state index >= 15 is 0 Å². The highest BCUT2D eigenvalue weighted by atomic mass is 16.5. The van der Waals surface area contributed by atoms with Gasteiger partial charge in [0.15, 0.2) is 11.5 Å². The Morgan fingerprint density at radius 3 is 2.63 bits per heavy atom. The minimum Gasteiger partial charge on any atom is -0.493 e. The summed E-state index contributed by atoms with van der Waals surface area (Å²) in [5.41, 5.74) is 1.70. The van der Waals surface area contributed by atoms with Crippen molar-refractivity contribution in [3.63, 3.8) is 0 Å². The molecule has 0 spiro atoms. The third kappa shape index (κ3) is 4.48. The lowest BCUT2D eigenvalue weighted by atomic mass is 10.1. The zero-order valence-corrected chi connectivity index (χ0v) is 16.0. The van der Waals surface area contributed by atoms with Gasteiger partial charge in [-0.25, -0.2) is 4.98 Å². The first-order valence-corrected chi connectivity index (χ1v) is 9.47. The van der Waals surface area contributed by atoms with Gasteiger partial charge < -0.3 is 9.47 Å². The van der Waals surface area contributed by atoms with E-state index in [9.17, 15) is 4.79 Å². The molecule has 2 aromatic carbocycles. The first-order valence-electron chi connectivity index (χ1n) is 9.47. The second-order valence-corrected chi connectivity index (χ2v) is 6.53. The van der Waals surface area contributed by atoms with Crippen molar-refractivity contribution in [2.24, 2.45) is 0 Å². The quantitative estimate of drug-likeness (QED) is 0.532. The number of aromatic nitrogens is 2. The Kier molecular flexibility index (Phi) is 6.47. The molecule has 0 N–H and O–H groups in total. The molecule has 5 nitrogen and oxygen atoms in total. The van der Waals surface area contributed by atoms with Crippen LogP contribution in [0.2, 0.25) is 0 Å². The summed E-state index contributed by atoms with van der Waals surface area (Å²) in [6, 6.07) is 13.7. The van der Waals surface area contributed by atoms with Gasteiger partial charge in [0.2, 0.25) is 0 Å². The molecule has 0 bridgehead atoms. The fourth-order valence-electron chi connectivity index (χ4n) is 3.07. The summed E-state index contributed by atoms with van der Waals surface area (Å²) in [5, 5.41) is 0.553. The standard InChI is InChI=1S/C22H26N2O3/c1-3-4-8-15-27-21-19(26-2)12-11-18-20(21)23-16-24(22(18)25)14-13-17-9-6-5-7-10-17/h5-7,9-12,16H,3-4,8,13-15H2,1-2H3. The van der Waals surface area contributed by atoms with Crippen molar-refractivity contribution in [3.05, 3.63) is 64.7 Å². The van der Waals surface area contributed by atoms with E-state index in [0.717, 1.165) is 25.7 Å². The van der Waals surface area contributed by atoms with Gasteiger partial charge in [0.25, 0.3) is 5.56 Å². The van der Waals surface area contributed by atoms with Crippen LogP contribution in [0.3, 0.4) is 0 Å². The summed E-state index contributed by atoms with van der Waals surface area (Å²) in [4.78, 5) is 17.4. The molecule has 27 heavy (non-hydrogen) atoms. The second-order valence-electron chi connectivity index (χ2n) is 6.53. The van der Waals surface area contributed by atoms with E-state index in [0.29, 0.717) is 35.6 Å². The monoisotopic (exact) mass is 366 g/mol. The predicted octanol–water partition coefficient (Wildman–Crippen LogP) is 4.22. The molecule has 1 heterocycles. The molecular weight excluding hydrogens is 340 g/mol. The van der Waals surface area contributed by atoms with E-state index in [2.05, 4.69) is 24.0 Å². The number of aryl methyl sites for hydroxylation is 2. The molecule has 0 radical (unpaired) electrons. The molecular formula is C22H26N2O3. The van der Waals surface area contributed by atoms with Crippen molar-refractivity contribution in [2.75, 3.05) is 13.7 Å². The van der Waals surface area contributed by atoms with Crippen LogP contribution in [0.25, 0.3) is 10.9 Å². The molecule has 0 saturated carbocycles. The molecule has 142 valence electrons. The highest BCUT2D eigenvalue weighted by Gasteiger charge is 2.14. The van der Waals surface area contributed by atoms with Crippen molar-refractivity contribution in [3.8, 4) is 11.5 Å². The third-order valence-corrected chi connectivity index (χ3v) is 4.61. The molecule has 0 amide bonds. The molecule has 0 aliphatic heterocycles. The molecule has 0 unspecified atom stereocenters. The maximum Gasteiger partial charge on any atom is 0.261 e. The number of nitrogens with zero attached hydrogens (tertiary/aromatic N) is 2. The number of fused-ring (bicyclic) bond motifs is 1. The maximum absolute atomic E-state index is 12.9. The number of benzene rings is 2. The van der Waals surface area contributed by atoms with Crippen LogP contribution in [0.5, 0.6) is 11.5 Å². The van der Waals surface area contributed by atoms with E-state index in [1.165, 1.54) is 5.56 Å². The number of rotatable bonds is 9. The smallest absolute Gasteiger partial charge is 0.261 e. The molecule has 0 aliphatic carbocycles. The molecule has 0 aliphatic rings. The fraction of sp³-hybridized carbons (Fsp3) is 0.364. The SMILES string of the molecule is CCCCCOc1c(OC)ccc2c(=O)n(CCc3ccccc3)cnc12. The Bertz CT molecular complexity index is 935. The Morgan fingerprint density at radius 1 is 1.07 bits per heavy atom. The zero-order chi connectivity index (χ0) is 19.1. The van der Waals surface area contributed by atoms with E-state index in [-0.39, 0.29) is 5.56 Å². The van der Waals surface area contributed by atoms with Crippen LogP contribution in [0, 0.1) is 0 Å². The van der Waals surface area contributed by atoms with Crippen molar-refractivity contribution in [1.29, 1.82) is 0 Å². The summed E-state index contributed by atoms with van der Waals surface area (Å²) < 4.78 is 13.0. The van der Waals surface area contributed by atoms with Gasteiger partial charge in [-0.2, -0.15) is 0 Å². The van der Waals surface area contributed by atoms with Gasteiger partial charge in [0, 0.05) is 6.54 Å². The van der Waals surface area contributed by atoms with Crippen LogP contribution in [-0.4, -0.2) is 23.3 Å². The van der Waals surface area contributed by atoms with Crippen LogP contribution in [0.4, 0.5) is 0 Å². The Balaban J connectivity index is 1.87. The maximum atomic E-state index is 12.9. The van der Waals surface area contributed by atoms with Gasteiger partial charge in [-0.05, 0) is 30.5 Å². The minimum atomic E-state index is -0.0583. The van der Waals surface area contributed by atoms with Crippen LogP contribution in [-0.2, 0) is 13.0 Å². The molecule has 0 fully saturated rings. The van der Waals surface area contributed by atoms with E-state index < -0.39 is 0 Å². The van der Waals surface area contributed by atoms with Crippen LogP contribution < -0.4 is 15.0 Å². The summed E-state index contributed by atoms with van der Waals surface area (Å²) in [5.74, 6) is 1.16. The first-order chi connectivity index (χ1) is 13.2. The van der Waals surface area contributed by atoms with Crippen molar-refractivity contribution < 1.29 is 9.47 Å². The summed E-state index contributed by atoms with van der Waals surface area (Å²) >= 11 is 0. The lowest BCUT2D eigenvalue weighted by Gasteiger charge is -2.14. The normalized spacial score (nSPS) is 10.9. The van der Waals surface area contributed by atoms with Gasteiger partial charge in [0.1, 0.15) is 5.52 Å². The lowest BCUT2D eigenvalue weighted by molar-refractivity contribution is 0.289. The lowest BCUT2D eigenvalue weighted by Crippen LogP contribution is -2.22. The number of hydrogen-bond donors (Lipinski definition) is 0. The third-order valence-electron chi connectivity index (χ3n) is 4.61.